The van der Waals surface area contributed by atoms with Crippen molar-refractivity contribution >= 4 is 5.82 Å². The minimum atomic E-state index is -0.863. The molecule has 4 aromatic rings. The van der Waals surface area contributed by atoms with Crippen LogP contribution in [-0.2, 0) is 12.0 Å². The minimum Gasteiger partial charge on any atom is -0.389 e. The van der Waals surface area contributed by atoms with E-state index in [0.717, 1.165) is 35.2 Å². The predicted octanol–water partition coefficient (Wildman–Crippen LogP) is 3.46. The molecule has 0 bridgehead atoms. The second-order valence-electron chi connectivity index (χ2n) is 9.54. The van der Waals surface area contributed by atoms with E-state index < -0.39 is 5.60 Å². The van der Waals surface area contributed by atoms with E-state index in [0.29, 0.717) is 30.0 Å². The number of aliphatic hydroxyl groups is 1. The summed E-state index contributed by atoms with van der Waals surface area (Å²) in [5.74, 6) is 1.93. The Morgan fingerprint density at radius 1 is 1.06 bits per heavy atom. The number of rotatable bonds is 7. The van der Waals surface area contributed by atoms with Gasteiger partial charge in [-0.1, -0.05) is 29.4 Å². The Morgan fingerprint density at radius 3 is 2.45 bits per heavy atom. The van der Waals surface area contributed by atoms with Gasteiger partial charge in [-0.25, -0.2) is 4.98 Å². The smallest absolute Gasteiger partial charge is 0.261 e. The van der Waals surface area contributed by atoms with Crippen LogP contribution in [0.5, 0.6) is 0 Å². The molecule has 1 atom stereocenters. The lowest BCUT2D eigenvalue weighted by Gasteiger charge is -2.26. The van der Waals surface area contributed by atoms with Gasteiger partial charge in [0.15, 0.2) is 5.82 Å². The summed E-state index contributed by atoms with van der Waals surface area (Å²) in [5, 5.41) is 18.7. The van der Waals surface area contributed by atoms with Crippen molar-refractivity contribution in [2.75, 3.05) is 5.73 Å². The average molecular weight is 446 g/mol. The Hall–Kier alpha value is -3.59. The second-order valence-corrected chi connectivity index (χ2v) is 9.54. The third-order valence-electron chi connectivity index (χ3n) is 6.17. The predicted molar refractivity (Wildman–Crippen MR) is 123 cm³/mol. The minimum absolute atomic E-state index is 0.365. The summed E-state index contributed by atoms with van der Waals surface area (Å²) < 4.78 is 7.32. The number of nitrogens with two attached hydrogens (primary N) is 1. The third kappa shape index (κ3) is 4.23. The molecule has 5 rings (SSSR count). The first-order valence-electron chi connectivity index (χ1n) is 11.0. The number of nitrogens with zero attached hydrogens (tertiary/aromatic N) is 6. The van der Waals surface area contributed by atoms with Gasteiger partial charge in [-0.15, -0.1) is 0 Å². The van der Waals surface area contributed by atoms with E-state index in [1.54, 1.807) is 37.1 Å². The van der Waals surface area contributed by atoms with E-state index in [9.17, 15) is 5.11 Å². The molecule has 0 saturated heterocycles. The highest BCUT2D eigenvalue weighted by atomic mass is 16.5. The molecule has 170 valence electrons. The van der Waals surface area contributed by atoms with Gasteiger partial charge < -0.3 is 15.4 Å². The van der Waals surface area contributed by atoms with E-state index in [4.69, 9.17) is 15.2 Å². The Morgan fingerprint density at radius 2 is 1.82 bits per heavy atom. The van der Waals surface area contributed by atoms with Gasteiger partial charge in [0, 0.05) is 11.8 Å². The lowest BCUT2D eigenvalue weighted by molar-refractivity contribution is 0.0577. The van der Waals surface area contributed by atoms with Crippen molar-refractivity contribution in [2.24, 2.45) is 5.92 Å². The molecule has 9 heteroatoms. The summed E-state index contributed by atoms with van der Waals surface area (Å²) in [6, 6.07) is 8.28. The molecular formula is C24H27N7O2. The number of hydrogen-bond donors (Lipinski definition) is 2. The van der Waals surface area contributed by atoms with E-state index >= 15 is 0 Å². The van der Waals surface area contributed by atoms with E-state index in [2.05, 4.69) is 39.3 Å². The Labute approximate surface area is 191 Å². The number of nitrogen functional groups attached to an aromatic ring is 1. The molecule has 0 radical (unpaired) electrons. The molecule has 1 aliphatic rings. The van der Waals surface area contributed by atoms with Crippen LogP contribution in [0, 0.1) is 5.92 Å². The van der Waals surface area contributed by atoms with Gasteiger partial charge in [-0.05, 0) is 45.1 Å². The van der Waals surface area contributed by atoms with Crippen LogP contribution in [0.25, 0.3) is 22.7 Å². The maximum absolute atomic E-state index is 10.0. The van der Waals surface area contributed by atoms with Gasteiger partial charge in [-0.3, -0.25) is 9.67 Å². The third-order valence-corrected chi connectivity index (χ3v) is 6.17. The number of hydrogen-bond acceptors (Lipinski definition) is 8. The van der Waals surface area contributed by atoms with Gasteiger partial charge in [0.05, 0.1) is 47.4 Å². The number of benzene rings is 1. The van der Waals surface area contributed by atoms with Crippen molar-refractivity contribution in [1.82, 2.24) is 29.9 Å². The zero-order valence-electron chi connectivity index (χ0n) is 18.9. The van der Waals surface area contributed by atoms with Crippen LogP contribution >= 0.6 is 0 Å². The summed E-state index contributed by atoms with van der Waals surface area (Å²) >= 11 is 0. The molecule has 3 N–H and O–H groups in total. The van der Waals surface area contributed by atoms with E-state index in [-0.39, 0.29) is 5.41 Å². The molecule has 1 saturated carbocycles. The van der Waals surface area contributed by atoms with E-state index in [1.165, 1.54) is 0 Å². The molecule has 1 fully saturated rings. The SMILES string of the molecule is CC(C)(O)Cn1cc(-c2nc([C@@](C)(c3ccc(-c4cnc(N)cn4)cc3)C3CC3)no2)cn1. The van der Waals surface area contributed by atoms with Gasteiger partial charge in [0.25, 0.3) is 5.89 Å². The molecule has 0 amide bonds. The Kier molecular flexibility index (Phi) is 5.01. The van der Waals surface area contributed by atoms with Crippen LogP contribution < -0.4 is 5.73 Å². The molecule has 0 aliphatic heterocycles. The van der Waals surface area contributed by atoms with Crippen LogP contribution in [0.4, 0.5) is 5.82 Å². The maximum Gasteiger partial charge on any atom is 0.261 e. The molecule has 0 unspecified atom stereocenters. The van der Waals surface area contributed by atoms with Gasteiger partial charge >= 0.3 is 0 Å². The first kappa shape index (κ1) is 21.3. The van der Waals surface area contributed by atoms with Crippen molar-refractivity contribution in [3.8, 4) is 22.7 Å². The summed E-state index contributed by atoms with van der Waals surface area (Å²) in [5.41, 5.74) is 8.02. The highest BCUT2D eigenvalue weighted by Crippen LogP contribution is 2.50. The molecule has 9 nitrogen and oxygen atoms in total. The number of anilines is 1. The van der Waals surface area contributed by atoms with Crippen molar-refractivity contribution in [1.29, 1.82) is 0 Å². The molecule has 3 aromatic heterocycles. The zero-order valence-corrected chi connectivity index (χ0v) is 18.9. The van der Waals surface area contributed by atoms with Crippen LogP contribution in [0.2, 0.25) is 0 Å². The van der Waals surface area contributed by atoms with Crippen LogP contribution in [0.1, 0.15) is 45.0 Å². The highest BCUT2D eigenvalue weighted by molar-refractivity contribution is 5.60. The monoisotopic (exact) mass is 445 g/mol. The van der Waals surface area contributed by atoms with Crippen molar-refractivity contribution in [3.05, 3.63) is 60.4 Å². The molecule has 0 spiro atoms. The molecule has 3 heterocycles. The lowest BCUT2D eigenvalue weighted by atomic mass is 9.77. The van der Waals surface area contributed by atoms with E-state index in [1.807, 2.05) is 18.3 Å². The number of aromatic nitrogens is 6. The van der Waals surface area contributed by atoms with Crippen molar-refractivity contribution in [2.45, 2.75) is 51.2 Å². The van der Waals surface area contributed by atoms with Crippen LogP contribution in [0.15, 0.2) is 53.6 Å². The van der Waals surface area contributed by atoms with Gasteiger partial charge in [0.2, 0.25) is 0 Å². The van der Waals surface area contributed by atoms with Crippen LogP contribution in [-0.4, -0.2) is 40.6 Å². The molecule has 33 heavy (non-hydrogen) atoms. The fourth-order valence-electron chi connectivity index (χ4n) is 4.19. The molecule has 1 aliphatic carbocycles. The normalized spacial score (nSPS) is 16.0. The summed E-state index contributed by atoms with van der Waals surface area (Å²) in [7, 11) is 0. The second kappa shape index (κ2) is 7.77. The zero-order chi connectivity index (χ0) is 23.2. The Bertz CT molecular complexity index is 1250. The van der Waals surface area contributed by atoms with Crippen molar-refractivity contribution < 1.29 is 9.63 Å². The standard InChI is InChI=1S/C24H27N7O2/c1-23(2,32)14-31-13-16(10-28-31)21-29-22(30-33-21)24(3,18-8-9-18)17-6-4-15(5-7-17)19-11-27-20(25)12-26-19/h4-7,10-13,18,32H,8-9,14H2,1-3H3,(H2,25,27)/t24-/m0/s1. The lowest BCUT2D eigenvalue weighted by Crippen LogP contribution is -2.28. The Balaban J connectivity index is 1.43. The fraction of sp³-hybridized carbons (Fsp3) is 0.375. The largest absolute Gasteiger partial charge is 0.389 e. The van der Waals surface area contributed by atoms with Gasteiger partial charge in [0.1, 0.15) is 5.82 Å². The van der Waals surface area contributed by atoms with Crippen molar-refractivity contribution in [3.63, 3.8) is 0 Å². The first-order valence-corrected chi connectivity index (χ1v) is 11.0. The highest BCUT2D eigenvalue weighted by Gasteiger charge is 2.47. The summed E-state index contributed by atoms with van der Waals surface area (Å²) in [4.78, 5) is 13.2. The average Bonchev–Trinajstić information content (AvgIpc) is 3.35. The van der Waals surface area contributed by atoms with Crippen LogP contribution in [0.3, 0.4) is 0 Å². The quantitative estimate of drug-likeness (QED) is 0.442. The maximum atomic E-state index is 10.0. The summed E-state index contributed by atoms with van der Waals surface area (Å²) in [6.07, 6.45) is 8.96. The fourth-order valence-corrected chi connectivity index (χ4v) is 4.19. The topological polar surface area (TPSA) is 129 Å². The molecular weight excluding hydrogens is 418 g/mol. The molecule has 1 aromatic carbocycles. The van der Waals surface area contributed by atoms with Gasteiger partial charge in [-0.2, -0.15) is 10.1 Å². The summed E-state index contributed by atoms with van der Waals surface area (Å²) in [6.45, 7) is 6.03. The first-order chi connectivity index (χ1) is 15.7.